The van der Waals surface area contributed by atoms with Crippen molar-refractivity contribution in [2.45, 2.75) is 19.4 Å². The molecule has 0 aromatic rings. The number of amidine groups is 1. The monoisotopic (exact) mass is 179 g/mol. The highest BCUT2D eigenvalue weighted by Crippen LogP contribution is 1.91. The molecule has 0 aliphatic rings. The number of hydrogen-bond acceptors (Lipinski definition) is 3. The molecule has 0 saturated carbocycles. The lowest BCUT2D eigenvalue weighted by molar-refractivity contribution is 0.577. The Hall–Kier alpha value is -0.620. The molecule has 1 atom stereocenters. The van der Waals surface area contributed by atoms with Crippen LogP contribution in [0.5, 0.6) is 0 Å². The van der Waals surface area contributed by atoms with Crippen LogP contribution < -0.4 is 10.5 Å². The Balaban J connectivity index is 4.22. The standard InChI is InChI=1S/C5H13N3O2S/c1-3-4(5(6)7)8-11(2,9)10/h4,8H,3H2,1-2H3,(H3,6,7). The molecule has 1 unspecified atom stereocenters. The fraction of sp³-hybridized carbons (Fsp3) is 0.800. The van der Waals surface area contributed by atoms with Crippen LogP contribution in [0.15, 0.2) is 0 Å². The highest BCUT2D eigenvalue weighted by atomic mass is 32.2. The molecule has 0 aliphatic heterocycles. The molecule has 4 N–H and O–H groups in total. The van der Waals surface area contributed by atoms with Crippen molar-refractivity contribution in [3.05, 3.63) is 0 Å². The van der Waals surface area contributed by atoms with E-state index in [0.717, 1.165) is 6.26 Å². The number of sulfonamides is 1. The van der Waals surface area contributed by atoms with Gasteiger partial charge in [0.15, 0.2) is 0 Å². The normalized spacial score (nSPS) is 14.4. The van der Waals surface area contributed by atoms with Gasteiger partial charge in [-0.1, -0.05) is 6.92 Å². The summed E-state index contributed by atoms with van der Waals surface area (Å²) < 4.78 is 23.5. The summed E-state index contributed by atoms with van der Waals surface area (Å²) in [5, 5.41) is 6.98. The first-order valence-electron chi connectivity index (χ1n) is 3.18. The lowest BCUT2D eigenvalue weighted by Crippen LogP contribution is -2.42. The summed E-state index contributed by atoms with van der Waals surface area (Å²) in [6.07, 6.45) is 1.53. The number of rotatable bonds is 4. The minimum Gasteiger partial charge on any atom is -0.386 e. The molecule has 0 fully saturated rings. The molecule has 0 saturated heterocycles. The molecule has 0 aliphatic carbocycles. The summed E-state index contributed by atoms with van der Waals surface area (Å²) in [6.45, 7) is 1.75. The molecule has 0 aromatic carbocycles. The van der Waals surface area contributed by atoms with Crippen LogP contribution in [0.2, 0.25) is 0 Å². The fourth-order valence-electron chi connectivity index (χ4n) is 0.625. The van der Waals surface area contributed by atoms with Crippen molar-refractivity contribution in [1.29, 1.82) is 5.41 Å². The van der Waals surface area contributed by atoms with Crippen molar-refractivity contribution in [1.82, 2.24) is 4.72 Å². The second kappa shape index (κ2) is 3.68. The van der Waals surface area contributed by atoms with Gasteiger partial charge in [0.2, 0.25) is 10.0 Å². The lowest BCUT2D eigenvalue weighted by Gasteiger charge is -2.12. The van der Waals surface area contributed by atoms with Gasteiger partial charge in [0.05, 0.1) is 12.3 Å². The van der Waals surface area contributed by atoms with Gasteiger partial charge in [-0.2, -0.15) is 0 Å². The van der Waals surface area contributed by atoms with E-state index in [1.165, 1.54) is 0 Å². The molecule has 0 heterocycles. The summed E-state index contributed by atoms with van der Waals surface area (Å²) in [7, 11) is -3.25. The average molecular weight is 179 g/mol. The fourth-order valence-corrected chi connectivity index (χ4v) is 1.44. The van der Waals surface area contributed by atoms with Crippen molar-refractivity contribution >= 4 is 15.9 Å². The topological polar surface area (TPSA) is 96.0 Å². The molecule has 0 amide bonds. The van der Waals surface area contributed by atoms with Crippen LogP contribution in [0.3, 0.4) is 0 Å². The smallest absolute Gasteiger partial charge is 0.209 e. The van der Waals surface area contributed by atoms with E-state index >= 15 is 0 Å². The van der Waals surface area contributed by atoms with Crippen molar-refractivity contribution in [2.75, 3.05) is 6.26 Å². The predicted molar refractivity (Wildman–Crippen MR) is 44.0 cm³/mol. The molecule has 11 heavy (non-hydrogen) atoms. The van der Waals surface area contributed by atoms with E-state index in [4.69, 9.17) is 11.1 Å². The third-order valence-corrected chi connectivity index (χ3v) is 1.85. The zero-order valence-electron chi connectivity index (χ0n) is 6.59. The van der Waals surface area contributed by atoms with Gasteiger partial charge >= 0.3 is 0 Å². The summed E-state index contributed by atoms with van der Waals surface area (Å²) in [6, 6.07) is -0.565. The van der Waals surface area contributed by atoms with E-state index in [1.54, 1.807) is 6.92 Å². The Morgan fingerprint density at radius 3 is 2.27 bits per heavy atom. The first-order chi connectivity index (χ1) is 4.87. The van der Waals surface area contributed by atoms with Crippen LogP contribution in [-0.2, 0) is 10.0 Å². The van der Waals surface area contributed by atoms with Crippen molar-refractivity contribution < 1.29 is 8.42 Å². The molecular weight excluding hydrogens is 166 g/mol. The van der Waals surface area contributed by atoms with Crippen LogP contribution in [-0.4, -0.2) is 26.6 Å². The highest BCUT2D eigenvalue weighted by molar-refractivity contribution is 7.88. The van der Waals surface area contributed by atoms with E-state index in [9.17, 15) is 8.42 Å². The molecule has 0 spiro atoms. The van der Waals surface area contributed by atoms with Crippen molar-refractivity contribution in [3.8, 4) is 0 Å². The number of hydrogen-bond donors (Lipinski definition) is 3. The molecule has 66 valence electrons. The Labute approximate surface area is 66.5 Å². The van der Waals surface area contributed by atoms with E-state index in [2.05, 4.69) is 4.72 Å². The van der Waals surface area contributed by atoms with Crippen molar-refractivity contribution in [2.24, 2.45) is 5.73 Å². The second-order valence-electron chi connectivity index (χ2n) is 2.31. The largest absolute Gasteiger partial charge is 0.386 e. The molecule has 0 aromatic heterocycles. The van der Waals surface area contributed by atoms with E-state index in [0.29, 0.717) is 6.42 Å². The maximum absolute atomic E-state index is 10.6. The van der Waals surface area contributed by atoms with Crippen LogP contribution in [0.4, 0.5) is 0 Å². The first kappa shape index (κ1) is 10.4. The molecule has 0 radical (unpaired) electrons. The third-order valence-electron chi connectivity index (χ3n) is 1.14. The zero-order chi connectivity index (χ0) is 9.07. The summed E-state index contributed by atoms with van der Waals surface area (Å²) in [5.74, 6) is -0.155. The van der Waals surface area contributed by atoms with Gasteiger partial charge in [0.1, 0.15) is 5.84 Å². The SMILES string of the molecule is CCC(NS(C)(=O)=O)C(=N)N. The molecule has 6 heteroatoms. The molecule has 0 bridgehead atoms. The van der Waals surface area contributed by atoms with Crippen molar-refractivity contribution in [3.63, 3.8) is 0 Å². The van der Waals surface area contributed by atoms with E-state index in [-0.39, 0.29) is 5.84 Å². The van der Waals surface area contributed by atoms with E-state index < -0.39 is 16.1 Å². The van der Waals surface area contributed by atoms with Crippen LogP contribution in [0.1, 0.15) is 13.3 Å². The minimum atomic E-state index is -3.25. The molecule has 5 nitrogen and oxygen atoms in total. The van der Waals surface area contributed by atoms with Gasteiger partial charge < -0.3 is 5.73 Å². The quantitative estimate of drug-likeness (QED) is 0.391. The Morgan fingerprint density at radius 1 is 1.73 bits per heavy atom. The summed E-state index contributed by atoms with van der Waals surface area (Å²) in [5.41, 5.74) is 5.11. The first-order valence-corrected chi connectivity index (χ1v) is 5.07. The third kappa shape index (κ3) is 4.74. The zero-order valence-corrected chi connectivity index (χ0v) is 7.40. The Bertz CT molecular complexity index is 234. The highest BCUT2D eigenvalue weighted by Gasteiger charge is 2.13. The van der Waals surface area contributed by atoms with Gasteiger partial charge in [-0.25, -0.2) is 13.1 Å². The maximum atomic E-state index is 10.6. The summed E-state index contributed by atoms with van der Waals surface area (Å²) in [4.78, 5) is 0. The van der Waals surface area contributed by atoms with Gasteiger partial charge in [0.25, 0.3) is 0 Å². The average Bonchev–Trinajstić information content (AvgIpc) is 1.80. The van der Waals surface area contributed by atoms with E-state index in [1.807, 2.05) is 0 Å². The van der Waals surface area contributed by atoms with Crippen LogP contribution >= 0.6 is 0 Å². The number of nitrogens with two attached hydrogens (primary N) is 1. The lowest BCUT2D eigenvalue weighted by atomic mass is 10.2. The summed E-state index contributed by atoms with van der Waals surface area (Å²) >= 11 is 0. The van der Waals surface area contributed by atoms with Gasteiger partial charge in [-0.3, -0.25) is 5.41 Å². The second-order valence-corrected chi connectivity index (χ2v) is 4.09. The molecular formula is C5H13N3O2S. The Kier molecular flexibility index (Phi) is 3.47. The minimum absolute atomic E-state index is 0.155. The van der Waals surface area contributed by atoms with Gasteiger partial charge in [-0.15, -0.1) is 0 Å². The van der Waals surface area contributed by atoms with Crippen LogP contribution in [0.25, 0.3) is 0 Å². The van der Waals surface area contributed by atoms with Gasteiger partial charge in [-0.05, 0) is 6.42 Å². The van der Waals surface area contributed by atoms with Crippen LogP contribution in [0, 0.1) is 5.41 Å². The number of nitrogens with one attached hydrogen (secondary N) is 2. The predicted octanol–water partition coefficient (Wildman–Crippen LogP) is -0.750. The maximum Gasteiger partial charge on any atom is 0.209 e. The molecule has 0 rings (SSSR count). The Morgan fingerprint density at radius 2 is 2.18 bits per heavy atom. The van der Waals surface area contributed by atoms with Gasteiger partial charge in [0, 0.05) is 0 Å².